The molecule has 1 amide bonds. The number of nitrogen functional groups attached to an aromatic ring is 1. The van der Waals surface area contributed by atoms with Crippen molar-refractivity contribution in [3.63, 3.8) is 0 Å². The van der Waals surface area contributed by atoms with Gasteiger partial charge in [0.15, 0.2) is 0 Å². The highest BCUT2D eigenvalue weighted by molar-refractivity contribution is 9.10. The first kappa shape index (κ1) is 12.9. The molecule has 1 heterocycles. The molecule has 1 fully saturated rings. The zero-order chi connectivity index (χ0) is 13.3. The van der Waals surface area contributed by atoms with Gasteiger partial charge in [0.25, 0.3) is 5.91 Å². The van der Waals surface area contributed by atoms with E-state index in [1.165, 1.54) is 4.90 Å². The Labute approximate surface area is 113 Å². The first-order chi connectivity index (χ1) is 8.50. The number of hydrogen-bond donors (Lipinski definition) is 2. The van der Waals surface area contributed by atoms with Gasteiger partial charge >= 0.3 is 5.97 Å². The van der Waals surface area contributed by atoms with E-state index in [1.54, 1.807) is 18.2 Å². The third-order valence-electron chi connectivity index (χ3n) is 3.05. The van der Waals surface area contributed by atoms with Gasteiger partial charge < -0.3 is 15.7 Å². The van der Waals surface area contributed by atoms with Crippen LogP contribution in [0.2, 0.25) is 0 Å². The Hall–Kier alpha value is -1.56. The third-order valence-corrected chi connectivity index (χ3v) is 3.73. The van der Waals surface area contributed by atoms with Crippen molar-refractivity contribution in [2.75, 3.05) is 12.3 Å². The van der Waals surface area contributed by atoms with E-state index >= 15 is 0 Å². The van der Waals surface area contributed by atoms with Crippen LogP contribution in [0, 0.1) is 0 Å². The van der Waals surface area contributed by atoms with Crippen LogP contribution in [0.25, 0.3) is 0 Å². The highest BCUT2D eigenvalue weighted by Gasteiger charge is 2.34. The molecule has 0 aliphatic carbocycles. The Bertz CT molecular complexity index is 504. The Kier molecular flexibility index (Phi) is 3.56. The first-order valence-corrected chi connectivity index (χ1v) is 6.39. The SMILES string of the molecule is Nc1ccc(C(=O)N2CCCC2C(=O)O)cc1Br. The molecular formula is C12H13BrN2O3. The van der Waals surface area contributed by atoms with Gasteiger partial charge in [0.1, 0.15) is 6.04 Å². The fourth-order valence-electron chi connectivity index (χ4n) is 2.09. The molecule has 1 aromatic rings. The van der Waals surface area contributed by atoms with E-state index in [1.807, 2.05) is 0 Å². The number of halogens is 1. The molecule has 1 saturated heterocycles. The molecule has 6 heteroatoms. The van der Waals surface area contributed by atoms with Gasteiger partial charge in [-0.1, -0.05) is 0 Å². The van der Waals surface area contributed by atoms with Gasteiger partial charge in [-0.25, -0.2) is 4.79 Å². The predicted molar refractivity (Wildman–Crippen MR) is 70.2 cm³/mol. The highest BCUT2D eigenvalue weighted by Crippen LogP contribution is 2.24. The van der Waals surface area contributed by atoms with Crippen molar-refractivity contribution in [1.29, 1.82) is 0 Å². The number of nitrogens with two attached hydrogens (primary N) is 1. The fraction of sp³-hybridized carbons (Fsp3) is 0.333. The van der Waals surface area contributed by atoms with Crippen molar-refractivity contribution in [1.82, 2.24) is 4.90 Å². The molecule has 2 rings (SSSR count). The van der Waals surface area contributed by atoms with Crippen LogP contribution in [0.15, 0.2) is 22.7 Å². The zero-order valence-electron chi connectivity index (χ0n) is 9.60. The van der Waals surface area contributed by atoms with Gasteiger partial charge in [-0.2, -0.15) is 0 Å². The number of likely N-dealkylation sites (tertiary alicyclic amines) is 1. The number of nitrogens with zero attached hydrogens (tertiary/aromatic N) is 1. The van der Waals surface area contributed by atoms with Crippen LogP contribution >= 0.6 is 15.9 Å². The molecule has 1 aliphatic rings. The number of carbonyl (C=O) groups is 2. The van der Waals surface area contributed by atoms with Crippen molar-refractivity contribution in [2.45, 2.75) is 18.9 Å². The van der Waals surface area contributed by atoms with Crippen LogP contribution in [0.1, 0.15) is 23.2 Å². The molecule has 0 saturated carbocycles. The number of carbonyl (C=O) groups excluding carboxylic acids is 1. The lowest BCUT2D eigenvalue weighted by atomic mass is 10.1. The van der Waals surface area contributed by atoms with E-state index in [9.17, 15) is 9.59 Å². The van der Waals surface area contributed by atoms with Crippen molar-refractivity contribution in [2.24, 2.45) is 0 Å². The molecule has 5 nitrogen and oxygen atoms in total. The Balaban J connectivity index is 2.25. The average molecular weight is 313 g/mol. The number of carboxylic acids is 1. The van der Waals surface area contributed by atoms with Gasteiger partial charge in [0.05, 0.1) is 0 Å². The molecule has 0 radical (unpaired) electrons. The van der Waals surface area contributed by atoms with E-state index in [-0.39, 0.29) is 5.91 Å². The van der Waals surface area contributed by atoms with E-state index in [0.29, 0.717) is 28.7 Å². The summed E-state index contributed by atoms with van der Waals surface area (Å²) in [7, 11) is 0. The lowest BCUT2D eigenvalue weighted by molar-refractivity contribution is -0.141. The third kappa shape index (κ3) is 2.33. The molecule has 0 bridgehead atoms. The Morgan fingerprint density at radius 2 is 2.17 bits per heavy atom. The van der Waals surface area contributed by atoms with E-state index in [2.05, 4.69) is 15.9 Å². The summed E-state index contributed by atoms with van der Waals surface area (Å²) in [5, 5.41) is 9.06. The summed E-state index contributed by atoms with van der Waals surface area (Å²) < 4.78 is 0.638. The number of anilines is 1. The quantitative estimate of drug-likeness (QED) is 0.814. The minimum atomic E-state index is -0.949. The zero-order valence-corrected chi connectivity index (χ0v) is 11.2. The van der Waals surface area contributed by atoms with Crippen molar-refractivity contribution in [3.8, 4) is 0 Å². The van der Waals surface area contributed by atoms with Gasteiger partial charge in [-0.15, -0.1) is 0 Å². The molecule has 18 heavy (non-hydrogen) atoms. The number of rotatable bonds is 2. The Morgan fingerprint density at radius 3 is 2.78 bits per heavy atom. The number of hydrogen-bond acceptors (Lipinski definition) is 3. The van der Waals surface area contributed by atoms with Crippen LogP contribution < -0.4 is 5.73 Å². The van der Waals surface area contributed by atoms with Gasteiger partial charge in [0.2, 0.25) is 0 Å². The summed E-state index contributed by atoms with van der Waals surface area (Å²) in [6.07, 6.45) is 1.23. The summed E-state index contributed by atoms with van der Waals surface area (Å²) >= 11 is 3.25. The maximum atomic E-state index is 12.2. The number of carboxylic acid groups (broad SMARTS) is 1. The molecule has 0 aromatic heterocycles. The van der Waals surface area contributed by atoms with E-state index < -0.39 is 12.0 Å². The van der Waals surface area contributed by atoms with Crippen LogP contribution in [-0.4, -0.2) is 34.5 Å². The maximum Gasteiger partial charge on any atom is 0.326 e. The largest absolute Gasteiger partial charge is 0.480 e. The molecule has 1 aromatic carbocycles. The Morgan fingerprint density at radius 1 is 1.44 bits per heavy atom. The van der Waals surface area contributed by atoms with Crippen molar-refractivity contribution in [3.05, 3.63) is 28.2 Å². The lowest BCUT2D eigenvalue weighted by Crippen LogP contribution is -2.40. The summed E-state index contributed by atoms with van der Waals surface area (Å²) in [6, 6.07) is 4.14. The van der Waals surface area contributed by atoms with Gasteiger partial charge in [-0.05, 0) is 47.0 Å². The van der Waals surface area contributed by atoms with Crippen molar-refractivity contribution < 1.29 is 14.7 Å². The van der Waals surface area contributed by atoms with Gasteiger partial charge in [-0.3, -0.25) is 4.79 Å². The molecule has 3 N–H and O–H groups in total. The second kappa shape index (κ2) is 4.97. The number of benzene rings is 1. The summed E-state index contributed by atoms with van der Waals surface area (Å²) in [4.78, 5) is 24.7. The normalized spacial score (nSPS) is 18.9. The molecule has 96 valence electrons. The predicted octanol–water partition coefficient (Wildman–Crippen LogP) is 1.72. The maximum absolute atomic E-state index is 12.2. The van der Waals surface area contributed by atoms with E-state index in [0.717, 1.165) is 6.42 Å². The molecule has 0 spiro atoms. The average Bonchev–Trinajstić information content (AvgIpc) is 2.81. The minimum absolute atomic E-state index is 0.263. The number of aliphatic carboxylic acids is 1. The lowest BCUT2D eigenvalue weighted by Gasteiger charge is -2.21. The molecular weight excluding hydrogens is 300 g/mol. The fourth-order valence-corrected chi connectivity index (χ4v) is 2.47. The second-order valence-corrected chi connectivity index (χ2v) is 5.09. The van der Waals surface area contributed by atoms with Gasteiger partial charge in [0, 0.05) is 22.3 Å². The summed E-state index contributed by atoms with van der Waals surface area (Å²) in [5.41, 5.74) is 6.64. The standard InChI is InChI=1S/C12H13BrN2O3/c13-8-6-7(3-4-9(8)14)11(16)15-5-1-2-10(15)12(17)18/h3-4,6,10H,1-2,5,14H2,(H,17,18). The van der Waals surface area contributed by atoms with Crippen molar-refractivity contribution >= 4 is 33.5 Å². The van der Waals surface area contributed by atoms with Crippen LogP contribution in [0.4, 0.5) is 5.69 Å². The van der Waals surface area contributed by atoms with Crippen LogP contribution in [0.3, 0.4) is 0 Å². The smallest absolute Gasteiger partial charge is 0.326 e. The summed E-state index contributed by atoms with van der Waals surface area (Å²) in [6.45, 7) is 0.484. The molecule has 1 unspecified atom stereocenters. The molecule has 1 atom stereocenters. The summed E-state index contributed by atoms with van der Waals surface area (Å²) in [5.74, 6) is -1.21. The second-order valence-electron chi connectivity index (χ2n) is 4.23. The topological polar surface area (TPSA) is 83.6 Å². The van der Waals surface area contributed by atoms with Crippen LogP contribution in [-0.2, 0) is 4.79 Å². The molecule has 1 aliphatic heterocycles. The first-order valence-electron chi connectivity index (χ1n) is 5.59. The van der Waals surface area contributed by atoms with E-state index in [4.69, 9.17) is 10.8 Å². The monoisotopic (exact) mass is 312 g/mol. The minimum Gasteiger partial charge on any atom is -0.480 e. The highest BCUT2D eigenvalue weighted by atomic mass is 79.9. The van der Waals surface area contributed by atoms with Crippen LogP contribution in [0.5, 0.6) is 0 Å². The number of amides is 1.